The summed E-state index contributed by atoms with van der Waals surface area (Å²) >= 11 is 5.77. The molecule has 19 nitrogen and oxygen atoms in total. The Bertz CT molecular complexity index is 2040. The van der Waals surface area contributed by atoms with Crippen molar-refractivity contribution in [3.05, 3.63) is 41.7 Å². The second-order valence-corrected chi connectivity index (χ2v) is 12.8. The first kappa shape index (κ1) is 41.6. The predicted octanol–water partition coefficient (Wildman–Crippen LogP) is 0.750. The van der Waals surface area contributed by atoms with Crippen molar-refractivity contribution >= 4 is 133 Å². The molecule has 4 N–H and O–H groups in total. The molecule has 26 heteroatoms. The minimum atomic E-state index is -5.14. The quantitative estimate of drug-likeness (QED) is 0.136. The van der Waals surface area contributed by atoms with Crippen molar-refractivity contribution in [3.8, 4) is 6.01 Å². The standard InChI is InChI=1S/C20H17ClN8O11S3.3Li/c1-9-16(17(30)29(28-9)10-3-5-11(6-4-10)41(31,32)33)27-26-13-8-14(42(34,35)36)12(7-15(13)43(37,38)39)22-19-23-18(21)24-20(25-19)40-2;;;/h3-8,16H,1-2H3,(H,31,32,33)(H,34,35,36)(H,37,38,39)(H,22,23,24,25);;;. The molecule has 1 unspecified atom stereocenters. The van der Waals surface area contributed by atoms with Crippen molar-refractivity contribution in [1.29, 1.82) is 0 Å². The first-order chi connectivity index (χ1) is 19.9. The number of hydrazone groups is 1. The van der Waals surface area contributed by atoms with Crippen LogP contribution in [-0.2, 0) is 35.1 Å². The molecule has 0 saturated heterocycles. The third-order valence-electron chi connectivity index (χ3n) is 5.39. The molecule has 0 bridgehead atoms. The van der Waals surface area contributed by atoms with Gasteiger partial charge in [-0.25, -0.2) is 0 Å². The van der Waals surface area contributed by atoms with Crippen molar-refractivity contribution < 1.29 is 48.4 Å². The Morgan fingerprint density at radius 1 is 0.891 bits per heavy atom. The van der Waals surface area contributed by atoms with E-state index in [2.05, 4.69) is 35.6 Å². The van der Waals surface area contributed by atoms with Crippen LogP contribution >= 0.6 is 11.6 Å². The van der Waals surface area contributed by atoms with Gasteiger partial charge in [-0.3, -0.25) is 18.5 Å². The molecule has 0 fully saturated rings. The number of anilines is 3. The van der Waals surface area contributed by atoms with Crippen LogP contribution in [0.1, 0.15) is 6.92 Å². The van der Waals surface area contributed by atoms with Gasteiger partial charge in [0, 0.05) is 56.6 Å². The van der Waals surface area contributed by atoms with E-state index >= 15 is 0 Å². The van der Waals surface area contributed by atoms with E-state index in [1.165, 1.54) is 26.2 Å². The number of hydrogen-bond donors (Lipinski definition) is 4. The van der Waals surface area contributed by atoms with Gasteiger partial charge in [-0.05, 0) is 54.9 Å². The number of carbonyl (C=O) groups excluding carboxylic acids is 1. The fourth-order valence-corrected chi connectivity index (χ4v) is 5.41. The van der Waals surface area contributed by atoms with Crippen LogP contribution in [0.4, 0.5) is 23.0 Å². The zero-order valence-corrected chi connectivity index (χ0v) is 27.6. The molecule has 1 aromatic heterocycles. The summed E-state index contributed by atoms with van der Waals surface area (Å²) in [7, 11) is -13.6. The van der Waals surface area contributed by atoms with Crippen LogP contribution in [-0.4, -0.2) is 135 Å². The molecule has 4 rings (SSSR count). The Hall–Kier alpha value is -2.40. The topological polar surface area (TPSA) is 280 Å². The van der Waals surface area contributed by atoms with Gasteiger partial charge in [-0.2, -0.15) is 60.5 Å². The first-order valence-electron chi connectivity index (χ1n) is 11.1. The molecular weight excluding hydrogens is 681 g/mol. The summed E-state index contributed by atoms with van der Waals surface area (Å²) in [5.74, 6) is -1.27. The van der Waals surface area contributed by atoms with E-state index < -0.39 is 79.6 Å². The van der Waals surface area contributed by atoms with Gasteiger partial charge in [0.1, 0.15) is 15.5 Å². The summed E-state index contributed by atoms with van der Waals surface area (Å²) < 4.78 is 105. The minimum Gasteiger partial charge on any atom is -0.467 e. The van der Waals surface area contributed by atoms with E-state index in [1.807, 2.05) is 0 Å². The van der Waals surface area contributed by atoms with E-state index in [9.17, 15) is 39.2 Å². The second-order valence-electron chi connectivity index (χ2n) is 8.28. The average Bonchev–Trinajstić information content (AvgIpc) is 3.18. The van der Waals surface area contributed by atoms with Gasteiger partial charge in [0.25, 0.3) is 36.3 Å². The van der Waals surface area contributed by atoms with E-state index in [1.54, 1.807) is 0 Å². The van der Waals surface area contributed by atoms with E-state index in [-0.39, 0.29) is 74.0 Å². The van der Waals surface area contributed by atoms with E-state index in [0.29, 0.717) is 12.1 Å². The van der Waals surface area contributed by atoms with E-state index in [0.717, 1.165) is 17.1 Å². The zero-order chi connectivity index (χ0) is 31.9. The van der Waals surface area contributed by atoms with Crippen LogP contribution in [0.15, 0.2) is 66.4 Å². The summed E-state index contributed by atoms with van der Waals surface area (Å²) in [5.41, 5.74) is -1.33. The van der Waals surface area contributed by atoms with Crippen LogP contribution < -0.4 is 15.1 Å². The number of amides is 1. The van der Waals surface area contributed by atoms with Gasteiger partial charge in [-0.1, -0.05) is 0 Å². The van der Waals surface area contributed by atoms with Crippen LogP contribution in [0.3, 0.4) is 0 Å². The third kappa shape index (κ3) is 9.58. The molecule has 3 aromatic rings. The number of azo groups is 1. The molecule has 0 spiro atoms. The van der Waals surface area contributed by atoms with Crippen molar-refractivity contribution in [3.63, 3.8) is 0 Å². The number of methoxy groups -OCH3 is 1. The third-order valence-corrected chi connectivity index (χ3v) is 8.20. The summed E-state index contributed by atoms with van der Waals surface area (Å²) in [5, 5.41) is 14.2. The molecule has 2 heterocycles. The SMILES string of the molecule is COc1nc(Cl)nc(Nc2cc(S(=O)(=O)O)c(N=NC3C(=O)N(c4ccc(S(=O)(=O)O)cc4)N=C3C)cc2S(=O)(=O)O)n1.[Li].[Li].[Li]. The smallest absolute Gasteiger partial charge is 0.322 e. The Balaban J connectivity index is 0.00000353. The van der Waals surface area contributed by atoms with Crippen LogP contribution in [0.2, 0.25) is 5.28 Å². The maximum atomic E-state index is 13.0. The Kier molecular flexibility index (Phi) is 14.2. The summed E-state index contributed by atoms with van der Waals surface area (Å²) in [6.07, 6.45) is 0. The van der Waals surface area contributed by atoms with Crippen molar-refractivity contribution in [2.24, 2.45) is 15.3 Å². The number of carbonyl (C=O) groups is 1. The number of aromatic nitrogens is 3. The maximum absolute atomic E-state index is 13.0. The van der Waals surface area contributed by atoms with Crippen molar-refractivity contribution in [1.82, 2.24) is 15.0 Å². The minimum absolute atomic E-state index is 0. The molecule has 0 aliphatic carbocycles. The van der Waals surface area contributed by atoms with Crippen LogP contribution in [0.5, 0.6) is 6.01 Å². The fourth-order valence-electron chi connectivity index (χ4n) is 3.50. The Morgan fingerprint density at radius 2 is 1.48 bits per heavy atom. The number of ether oxygens (including phenoxy) is 1. The van der Waals surface area contributed by atoms with Gasteiger partial charge in [0.2, 0.25) is 11.2 Å². The summed E-state index contributed by atoms with van der Waals surface area (Å²) in [4.78, 5) is 21.7. The van der Waals surface area contributed by atoms with Gasteiger partial charge in [0.15, 0.2) is 6.04 Å². The first-order valence-corrected chi connectivity index (χ1v) is 15.8. The number of nitrogens with zero attached hydrogens (tertiary/aromatic N) is 7. The maximum Gasteiger partial charge on any atom is 0.322 e. The largest absolute Gasteiger partial charge is 0.467 e. The zero-order valence-electron chi connectivity index (χ0n) is 24.4. The number of halogens is 1. The number of benzene rings is 2. The number of hydrogen-bond acceptors (Lipinski definition) is 15. The molecule has 1 atom stereocenters. The fraction of sp³-hybridized carbons (Fsp3) is 0.150. The van der Waals surface area contributed by atoms with Gasteiger partial charge < -0.3 is 10.1 Å². The van der Waals surface area contributed by atoms with Crippen molar-refractivity contribution in [2.45, 2.75) is 27.7 Å². The normalized spacial score (nSPS) is 15.0. The average molecular weight is 698 g/mol. The summed E-state index contributed by atoms with van der Waals surface area (Å²) in [6, 6.07) is 3.73. The molecule has 231 valence electrons. The molecular formula is C20H17ClLi3N8O11S3. The predicted molar refractivity (Wildman–Crippen MR) is 163 cm³/mol. The van der Waals surface area contributed by atoms with Gasteiger partial charge >= 0.3 is 6.01 Å². The number of nitrogens with one attached hydrogen (secondary N) is 1. The Labute approximate surface area is 302 Å². The molecule has 0 saturated carbocycles. The van der Waals surface area contributed by atoms with Gasteiger partial charge in [0.05, 0.1) is 29.1 Å². The second kappa shape index (κ2) is 15.7. The molecule has 1 aliphatic heterocycles. The van der Waals surface area contributed by atoms with Crippen LogP contribution in [0.25, 0.3) is 0 Å². The molecule has 3 radical (unpaired) electrons. The molecule has 2 aromatic carbocycles. The molecule has 1 amide bonds. The van der Waals surface area contributed by atoms with Crippen molar-refractivity contribution in [2.75, 3.05) is 17.4 Å². The number of rotatable bonds is 9. The molecule has 1 aliphatic rings. The van der Waals surface area contributed by atoms with Gasteiger partial charge in [-0.15, -0.1) is 0 Å². The molecule has 46 heavy (non-hydrogen) atoms. The Morgan fingerprint density at radius 3 is 2.00 bits per heavy atom. The monoisotopic (exact) mass is 697 g/mol. The van der Waals surface area contributed by atoms with Crippen LogP contribution in [0, 0.1) is 0 Å². The summed E-state index contributed by atoms with van der Waals surface area (Å²) in [6.45, 7) is 1.36. The van der Waals surface area contributed by atoms with E-state index in [4.69, 9.17) is 20.9 Å².